The highest BCUT2D eigenvalue weighted by Crippen LogP contribution is 2.23. The van der Waals surface area contributed by atoms with E-state index in [1.807, 2.05) is 25.1 Å². The van der Waals surface area contributed by atoms with Crippen molar-refractivity contribution in [2.24, 2.45) is 0 Å². The first-order valence-corrected chi connectivity index (χ1v) is 12.2. The second-order valence-corrected chi connectivity index (χ2v) is 10.3. The number of sulfonamides is 1. The Morgan fingerprint density at radius 3 is 2.19 bits per heavy atom. The summed E-state index contributed by atoms with van der Waals surface area (Å²) in [6, 6.07) is 12.0. The molecule has 0 saturated carbocycles. The van der Waals surface area contributed by atoms with Crippen molar-refractivity contribution < 1.29 is 13.2 Å². The van der Waals surface area contributed by atoms with E-state index in [9.17, 15) is 13.2 Å². The molecule has 0 aliphatic carbocycles. The molecule has 31 heavy (non-hydrogen) atoms. The minimum absolute atomic E-state index is 0.0387. The molecule has 2 aromatic carbocycles. The summed E-state index contributed by atoms with van der Waals surface area (Å²) in [5, 5.41) is 0.955. The summed E-state index contributed by atoms with van der Waals surface area (Å²) in [5.41, 5.74) is 1.83. The van der Waals surface area contributed by atoms with Gasteiger partial charge in [-0.2, -0.15) is 0 Å². The van der Waals surface area contributed by atoms with Crippen molar-refractivity contribution in [2.75, 3.05) is 34.2 Å². The molecule has 0 spiro atoms. The summed E-state index contributed by atoms with van der Waals surface area (Å²) >= 11 is 12.1. The first-order valence-electron chi connectivity index (χ1n) is 10.0. The molecule has 0 aromatic heterocycles. The van der Waals surface area contributed by atoms with Crippen LogP contribution in [0.5, 0.6) is 0 Å². The molecule has 0 aliphatic rings. The first kappa shape index (κ1) is 25.6. The van der Waals surface area contributed by atoms with Gasteiger partial charge in [0.05, 0.1) is 14.9 Å². The number of benzene rings is 2. The van der Waals surface area contributed by atoms with E-state index in [4.69, 9.17) is 23.2 Å². The van der Waals surface area contributed by atoms with E-state index >= 15 is 0 Å². The molecule has 2 rings (SSSR count). The van der Waals surface area contributed by atoms with Gasteiger partial charge in [-0.05, 0) is 75.9 Å². The van der Waals surface area contributed by atoms with Gasteiger partial charge in [-0.3, -0.25) is 4.79 Å². The maximum Gasteiger partial charge on any atom is 0.240 e. The molecule has 0 atom stereocenters. The van der Waals surface area contributed by atoms with Crippen LogP contribution in [0.2, 0.25) is 10.0 Å². The number of carbonyl (C=O) groups excluding carboxylic acids is 1. The predicted molar refractivity (Wildman–Crippen MR) is 126 cm³/mol. The molecular formula is C22H29Cl2N3O3S. The Labute approximate surface area is 195 Å². The van der Waals surface area contributed by atoms with Gasteiger partial charge in [0.2, 0.25) is 15.9 Å². The van der Waals surface area contributed by atoms with Gasteiger partial charge in [0, 0.05) is 19.5 Å². The van der Waals surface area contributed by atoms with Crippen LogP contribution in [0.3, 0.4) is 0 Å². The molecule has 1 N–H and O–H groups in total. The highest BCUT2D eigenvalue weighted by molar-refractivity contribution is 7.89. The molecule has 2 aromatic rings. The van der Waals surface area contributed by atoms with Crippen molar-refractivity contribution in [1.29, 1.82) is 0 Å². The SMILES string of the molecule is CNS(=O)(=O)c1ccc(CCC(=O)N(CCCN(C)C)Cc2ccc(Cl)c(Cl)c2)cc1. The van der Waals surface area contributed by atoms with Crippen molar-refractivity contribution in [3.05, 3.63) is 63.6 Å². The zero-order valence-corrected chi connectivity index (χ0v) is 20.4. The van der Waals surface area contributed by atoms with Gasteiger partial charge in [-0.25, -0.2) is 13.1 Å². The second-order valence-electron chi connectivity index (χ2n) is 7.57. The van der Waals surface area contributed by atoms with Gasteiger partial charge in [0.15, 0.2) is 0 Å². The molecule has 0 heterocycles. The van der Waals surface area contributed by atoms with Gasteiger partial charge in [0.25, 0.3) is 0 Å². The van der Waals surface area contributed by atoms with Crippen LogP contribution in [0.4, 0.5) is 0 Å². The van der Waals surface area contributed by atoms with Crippen molar-refractivity contribution in [2.45, 2.75) is 30.7 Å². The third kappa shape index (κ3) is 8.09. The Hall–Kier alpha value is -1.64. The van der Waals surface area contributed by atoms with Crippen LogP contribution in [0.15, 0.2) is 47.4 Å². The number of nitrogens with one attached hydrogen (secondary N) is 1. The maximum atomic E-state index is 13.0. The van der Waals surface area contributed by atoms with E-state index in [0.29, 0.717) is 36.0 Å². The summed E-state index contributed by atoms with van der Waals surface area (Å²) in [4.78, 5) is 17.1. The van der Waals surface area contributed by atoms with E-state index in [1.165, 1.54) is 7.05 Å². The van der Waals surface area contributed by atoms with E-state index in [2.05, 4.69) is 9.62 Å². The van der Waals surface area contributed by atoms with Crippen molar-refractivity contribution in [3.8, 4) is 0 Å². The lowest BCUT2D eigenvalue weighted by molar-refractivity contribution is -0.131. The van der Waals surface area contributed by atoms with Crippen LogP contribution in [0.25, 0.3) is 0 Å². The Morgan fingerprint density at radius 1 is 0.968 bits per heavy atom. The molecule has 0 radical (unpaired) electrons. The second kappa shape index (κ2) is 11.8. The fourth-order valence-corrected chi connectivity index (χ4v) is 4.14. The van der Waals surface area contributed by atoms with Crippen molar-refractivity contribution in [3.63, 3.8) is 0 Å². The zero-order valence-electron chi connectivity index (χ0n) is 18.1. The number of halogens is 2. The number of nitrogens with zero attached hydrogens (tertiary/aromatic N) is 2. The number of rotatable bonds is 11. The Balaban J connectivity index is 2.04. The number of amides is 1. The standard InChI is InChI=1S/C22H29Cl2N3O3S/c1-25-31(29,30)19-9-5-17(6-10-19)8-12-22(28)27(14-4-13-26(2)3)16-18-7-11-20(23)21(24)15-18/h5-7,9-11,15,25H,4,8,12-14,16H2,1-3H3. The molecule has 0 aliphatic heterocycles. The lowest BCUT2D eigenvalue weighted by atomic mass is 10.1. The maximum absolute atomic E-state index is 13.0. The minimum atomic E-state index is -3.47. The molecule has 0 unspecified atom stereocenters. The molecule has 170 valence electrons. The molecule has 0 fully saturated rings. The van der Waals surface area contributed by atoms with Gasteiger partial charge < -0.3 is 9.80 Å². The lowest BCUT2D eigenvalue weighted by Gasteiger charge is -2.24. The smallest absolute Gasteiger partial charge is 0.240 e. The largest absolute Gasteiger partial charge is 0.338 e. The van der Waals surface area contributed by atoms with Crippen LogP contribution in [-0.4, -0.2) is 58.4 Å². The molecule has 1 amide bonds. The number of hydrogen-bond donors (Lipinski definition) is 1. The number of hydrogen-bond acceptors (Lipinski definition) is 4. The highest BCUT2D eigenvalue weighted by atomic mass is 35.5. The third-order valence-corrected chi connectivity index (χ3v) is 7.04. The van der Waals surface area contributed by atoms with Gasteiger partial charge >= 0.3 is 0 Å². The molecule has 9 heteroatoms. The van der Waals surface area contributed by atoms with Crippen LogP contribution in [0.1, 0.15) is 24.0 Å². The Morgan fingerprint density at radius 2 is 1.61 bits per heavy atom. The van der Waals surface area contributed by atoms with Crippen molar-refractivity contribution >= 4 is 39.1 Å². The van der Waals surface area contributed by atoms with Gasteiger partial charge in [-0.15, -0.1) is 0 Å². The van der Waals surface area contributed by atoms with E-state index in [-0.39, 0.29) is 10.8 Å². The quantitative estimate of drug-likeness (QED) is 0.525. The summed E-state index contributed by atoms with van der Waals surface area (Å²) in [6.07, 6.45) is 1.72. The summed E-state index contributed by atoms with van der Waals surface area (Å²) in [5.74, 6) is 0.0387. The van der Waals surface area contributed by atoms with Crippen LogP contribution < -0.4 is 4.72 Å². The van der Waals surface area contributed by atoms with Crippen molar-refractivity contribution in [1.82, 2.24) is 14.5 Å². The normalized spacial score (nSPS) is 11.7. The number of aryl methyl sites for hydroxylation is 1. The topological polar surface area (TPSA) is 69.7 Å². The Bertz CT molecular complexity index is 980. The average Bonchev–Trinajstić information content (AvgIpc) is 2.74. The van der Waals surface area contributed by atoms with E-state index in [1.54, 1.807) is 36.4 Å². The minimum Gasteiger partial charge on any atom is -0.338 e. The Kier molecular flexibility index (Phi) is 9.78. The average molecular weight is 486 g/mol. The van der Waals surface area contributed by atoms with Crippen LogP contribution >= 0.6 is 23.2 Å². The third-order valence-electron chi connectivity index (χ3n) is 4.87. The summed E-state index contributed by atoms with van der Waals surface area (Å²) in [6.45, 7) is 1.98. The molecule has 0 saturated heterocycles. The van der Waals surface area contributed by atoms with E-state index < -0.39 is 10.0 Å². The summed E-state index contributed by atoms with van der Waals surface area (Å²) < 4.78 is 26.0. The monoisotopic (exact) mass is 485 g/mol. The van der Waals surface area contributed by atoms with E-state index in [0.717, 1.165) is 24.1 Å². The molecule has 6 nitrogen and oxygen atoms in total. The summed E-state index contributed by atoms with van der Waals surface area (Å²) in [7, 11) is 1.91. The number of carbonyl (C=O) groups is 1. The van der Waals surface area contributed by atoms with Gasteiger partial charge in [0.1, 0.15) is 0 Å². The van der Waals surface area contributed by atoms with Gasteiger partial charge in [-0.1, -0.05) is 41.4 Å². The zero-order chi connectivity index (χ0) is 23.0. The van der Waals surface area contributed by atoms with Crippen LogP contribution in [0, 0.1) is 0 Å². The fraction of sp³-hybridized carbons (Fsp3) is 0.409. The fourth-order valence-electron chi connectivity index (χ4n) is 3.09. The molecule has 0 bridgehead atoms. The highest BCUT2D eigenvalue weighted by Gasteiger charge is 2.16. The lowest BCUT2D eigenvalue weighted by Crippen LogP contribution is -2.33. The predicted octanol–water partition coefficient (Wildman–Crippen LogP) is 3.81. The first-order chi connectivity index (χ1) is 14.6. The molecular weight excluding hydrogens is 457 g/mol. The van der Waals surface area contributed by atoms with Crippen LogP contribution in [-0.2, 0) is 27.8 Å².